The minimum absolute atomic E-state index is 0.112. The summed E-state index contributed by atoms with van der Waals surface area (Å²) in [4.78, 5) is 16.2. The van der Waals surface area contributed by atoms with Crippen LogP contribution in [0, 0.1) is 11.3 Å². The number of fused-ring (bicyclic) bond motifs is 1. The molecule has 0 spiro atoms. The van der Waals surface area contributed by atoms with Gasteiger partial charge in [-0.25, -0.2) is 0 Å². The summed E-state index contributed by atoms with van der Waals surface area (Å²) >= 11 is 0. The van der Waals surface area contributed by atoms with Gasteiger partial charge in [0.1, 0.15) is 5.75 Å². The van der Waals surface area contributed by atoms with Crippen LogP contribution in [0.5, 0.6) is 5.75 Å². The molecule has 1 amide bonds. The van der Waals surface area contributed by atoms with E-state index in [4.69, 9.17) is 10.00 Å². The topological polar surface area (TPSA) is 75.0 Å². The quantitative estimate of drug-likeness (QED) is 0.803. The molecule has 112 valence electrons. The number of hydrogen-bond donors (Lipinski definition) is 1. The summed E-state index contributed by atoms with van der Waals surface area (Å²) in [5, 5.41) is 12.4. The number of nitrogens with zero attached hydrogens (tertiary/aromatic N) is 2. The molecule has 1 aromatic heterocycles. The van der Waals surface area contributed by atoms with Crippen molar-refractivity contribution in [3.63, 3.8) is 0 Å². The molecular formula is C18H13N3O2. The number of nitrogens with one attached hydrogen (secondary N) is 1. The minimum atomic E-state index is -0.272. The van der Waals surface area contributed by atoms with Crippen molar-refractivity contribution in [3.8, 4) is 11.8 Å². The van der Waals surface area contributed by atoms with E-state index in [1.807, 2.05) is 36.4 Å². The SMILES string of the molecule is N#Cc1ccc(OCC(=O)Nc2cnc3ccccc3c2)cc1. The first-order chi connectivity index (χ1) is 11.2. The van der Waals surface area contributed by atoms with Crippen molar-refractivity contribution in [2.45, 2.75) is 0 Å². The number of para-hydroxylation sites is 1. The highest BCUT2D eigenvalue weighted by Crippen LogP contribution is 2.16. The zero-order valence-corrected chi connectivity index (χ0v) is 12.2. The Labute approximate surface area is 133 Å². The van der Waals surface area contributed by atoms with Gasteiger partial charge in [0, 0.05) is 5.39 Å². The van der Waals surface area contributed by atoms with Crippen molar-refractivity contribution in [2.75, 3.05) is 11.9 Å². The summed E-state index contributed by atoms with van der Waals surface area (Å²) in [5.41, 5.74) is 2.04. The minimum Gasteiger partial charge on any atom is -0.484 e. The summed E-state index contributed by atoms with van der Waals surface area (Å²) in [6.07, 6.45) is 1.61. The van der Waals surface area contributed by atoms with Crippen LogP contribution < -0.4 is 10.1 Å². The number of carbonyl (C=O) groups excluding carboxylic acids is 1. The molecule has 5 heteroatoms. The van der Waals surface area contributed by atoms with Gasteiger partial charge in [0.2, 0.25) is 0 Å². The van der Waals surface area contributed by atoms with Crippen LogP contribution >= 0.6 is 0 Å². The number of rotatable bonds is 4. The fourth-order valence-electron chi connectivity index (χ4n) is 2.11. The molecule has 0 aliphatic carbocycles. The van der Waals surface area contributed by atoms with Crippen molar-refractivity contribution in [2.24, 2.45) is 0 Å². The Morgan fingerprint density at radius 1 is 1.17 bits per heavy atom. The third kappa shape index (κ3) is 3.63. The maximum absolute atomic E-state index is 11.9. The summed E-state index contributed by atoms with van der Waals surface area (Å²) < 4.78 is 5.39. The van der Waals surface area contributed by atoms with E-state index in [1.165, 1.54) is 0 Å². The molecule has 0 bridgehead atoms. The molecule has 0 fully saturated rings. The van der Waals surface area contributed by atoms with E-state index in [1.54, 1.807) is 30.5 Å². The highest BCUT2D eigenvalue weighted by Gasteiger charge is 2.05. The van der Waals surface area contributed by atoms with E-state index in [0.29, 0.717) is 17.0 Å². The lowest BCUT2D eigenvalue weighted by molar-refractivity contribution is -0.118. The Bertz CT molecular complexity index is 883. The maximum Gasteiger partial charge on any atom is 0.262 e. The van der Waals surface area contributed by atoms with Gasteiger partial charge in [-0.05, 0) is 36.4 Å². The number of amides is 1. The second-order valence-electron chi connectivity index (χ2n) is 4.89. The zero-order valence-electron chi connectivity index (χ0n) is 12.2. The number of hydrogen-bond acceptors (Lipinski definition) is 4. The molecule has 0 radical (unpaired) electrons. The van der Waals surface area contributed by atoms with Gasteiger partial charge in [-0.2, -0.15) is 5.26 Å². The first kappa shape index (κ1) is 14.5. The van der Waals surface area contributed by atoms with Gasteiger partial charge in [-0.15, -0.1) is 0 Å². The molecule has 0 atom stereocenters. The molecule has 0 saturated heterocycles. The smallest absolute Gasteiger partial charge is 0.262 e. The molecular weight excluding hydrogens is 290 g/mol. The summed E-state index contributed by atoms with van der Waals surface area (Å²) in [5.74, 6) is 0.266. The van der Waals surface area contributed by atoms with Crippen LogP contribution in [-0.2, 0) is 4.79 Å². The van der Waals surface area contributed by atoms with Crippen LogP contribution in [0.25, 0.3) is 10.9 Å². The molecule has 1 heterocycles. The van der Waals surface area contributed by atoms with Crippen LogP contribution in [0.2, 0.25) is 0 Å². The highest BCUT2D eigenvalue weighted by molar-refractivity contribution is 5.93. The Hall–Kier alpha value is -3.39. The largest absolute Gasteiger partial charge is 0.484 e. The van der Waals surface area contributed by atoms with Gasteiger partial charge in [-0.3, -0.25) is 9.78 Å². The van der Waals surface area contributed by atoms with Crippen molar-refractivity contribution in [1.82, 2.24) is 4.98 Å². The second-order valence-corrected chi connectivity index (χ2v) is 4.89. The normalized spacial score (nSPS) is 10.0. The third-order valence-corrected chi connectivity index (χ3v) is 3.23. The lowest BCUT2D eigenvalue weighted by Gasteiger charge is -2.08. The van der Waals surface area contributed by atoms with Gasteiger partial charge in [0.25, 0.3) is 5.91 Å². The van der Waals surface area contributed by atoms with E-state index in [9.17, 15) is 4.79 Å². The van der Waals surface area contributed by atoms with Gasteiger partial charge < -0.3 is 10.1 Å². The molecule has 0 unspecified atom stereocenters. The predicted molar refractivity (Wildman–Crippen MR) is 87.0 cm³/mol. The average molecular weight is 303 g/mol. The Morgan fingerprint density at radius 2 is 1.96 bits per heavy atom. The number of benzene rings is 2. The van der Waals surface area contributed by atoms with Gasteiger partial charge in [0.05, 0.1) is 29.0 Å². The molecule has 3 rings (SSSR count). The first-order valence-electron chi connectivity index (χ1n) is 7.02. The molecule has 0 saturated carbocycles. The van der Waals surface area contributed by atoms with Crippen LogP contribution in [0.15, 0.2) is 60.8 Å². The number of ether oxygens (including phenoxy) is 1. The summed E-state index contributed by atoms with van der Waals surface area (Å²) in [6.45, 7) is -0.112. The molecule has 5 nitrogen and oxygen atoms in total. The Morgan fingerprint density at radius 3 is 2.74 bits per heavy atom. The van der Waals surface area contributed by atoms with E-state index < -0.39 is 0 Å². The lowest BCUT2D eigenvalue weighted by Crippen LogP contribution is -2.20. The average Bonchev–Trinajstić information content (AvgIpc) is 2.60. The number of carbonyl (C=O) groups is 1. The number of nitriles is 1. The van der Waals surface area contributed by atoms with E-state index in [-0.39, 0.29) is 12.5 Å². The van der Waals surface area contributed by atoms with Crippen LogP contribution in [-0.4, -0.2) is 17.5 Å². The van der Waals surface area contributed by atoms with Gasteiger partial charge in [0.15, 0.2) is 6.61 Å². The number of pyridine rings is 1. The fraction of sp³-hybridized carbons (Fsp3) is 0.0556. The summed E-state index contributed by atoms with van der Waals surface area (Å²) in [6, 6.07) is 18.2. The zero-order chi connectivity index (χ0) is 16.1. The first-order valence-corrected chi connectivity index (χ1v) is 7.02. The summed E-state index contributed by atoms with van der Waals surface area (Å²) in [7, 11) is 0. The number of anilines is 1. The molecule has 1 N–H and O–H groups in total. The fourth-order valence-corrected chi connectivity index (χ4v) is 2.11. The van der Waals surface area contributed by atoms with Crippen molar-refractivity contribution >= 4 is 22.5 Å². The lowest BCUT2D eigenvalue weighted by atomic mass is 10.2. The second kappa shape index (κ2) is 6.58. The number of aromatic nitrogens is 1. The van der Waals surface area contributed by atoms with Crippen LogP contribution in [0.4, 0.5) is 5.69 Å². The van der Waals surface area contributed by atoms with E-state index in [0.717, 1.165) is 10.9 Å². The molecule has 0 aliphatic rings. The van der Waals surface area contributed by atoms with Crippen molar-refractivity contribution in [3.05, 3.63) is 66.4 Å². The third-order valence-electron chi connectivity index (χ3n) is 3.23. The van der Waals surface area contributed by atoms with E-state index in [2.05, 4.69) is 10.3 Å². The Kier molecular flexibility index (Phi) is 4.16. The standard InChI is InChI=1S/C18H13N3O2/c19-10-13-5-7-16(8-6-13)23-12-18(22)21-15-9-14-3-1-2-4-17(14)20-11-15/h1-9,11H,12H2,(H,21,22). The Balaban J connectivity index is 1.60. The molecule has 3 aromatic rings. The highest BCUT2D eigenvalue weighted by atomic mass is 16.5. The molecule has 23 heavy (non-hydrogen) atoms. The monoisotopic (exact) mass is 303 g/mol. The van der Waals surface area contributed by atoms with Crippen LogP contribution in [0.1, 0.15) is 5.56 Å². The van der Waals surface area contributed by atoms with Gasteiger partial charge in [-0.1, -0.05) is 18.2 Å². The van der Waals surface area contributed by atoms with Crippen molar-refractivity contribution in [1.29, 1.82) is 5.26 Å². The van der Waals surface area contributed by atoms with E-state index >= 15 is 0 Å². The predicted octanol–water partition coefficient (Wildman–Crippen LogP) is 3.12. The molecule has 0 aliphatic heterocycles. The maximum atomic E-state index is 11.9. The van der Waals surface area contributed by atoms with Crippen LogP contribution in [0.3, 0.4) is 0 Å². The van der Waals surface area contributed by atoms with Crippen molar-refractivity contribution < 1.29 is 9.53 Å². The van der Waals surface area contributed by atoms with Gasteiger partial charge >= 0.3 is 0 Å². The molecule has 2 aromatic carbocycles.